The van der Waals surface area contributed by atoms with Crippen LogP contribution in [0.15, 0.2) is 10.6 Å². The molecule has 0 bridgehead atoms. The van der Waals surface area contributed by atoms with Crippen LogP contribution in [0.2, 0.25) is 0 Å². The molecule has 22 heavy (non-hydrogen) atoms. The highest BCUT2D eigenvalue weighted by Crippen LogP contribution is 2.21. The fourth-order valence-corrected chi connectivity index (χ4v) is 2.77. The molecule has 3 heterocycles. The minimum atomic E-state index is -0.491. The van der Waals surface area contributed by atoms with Gasteiger partial charge in [-0.15, -0.1) is 0 Å². The maximum absolute atomic E-state index is 12.2. The van der Waals surface area contributed by atoms with E-state index in [2.05, 4.69) is 15.8 Å². The van der Waals surface area contributed by atoms with Crippen molar-refractivity contribution in [2.24, 2.45) is 0 Å². The topological polar surface area (TPSA) is 105 Å². The van der Waals surface area contributed by atoms with Crippen molar-refractivity contribution in [3.63, 3.8) is 0 Å². The summed E-state index contributed by atoms with van der Waals surface area (Å²) in [7, 11) is 0. The molecule has 0 radical (unpaired) electrons. The van der Waals surface area contributed by atoms with E-state index in [1.54, 1.807) is 6.07 Å². The molecule has 3 amide bonds. The van der Waals surface area contributed by atoms with Crippen LogP contribution in [0.3, 0.4) is 0 Å². The molecule has 0 aliphatic carbocycles. The number of nitrogens with one attached hydrogen (secondary N) is 2. The molecule has 0 spiro atoms. The summed E-state index contributed by atoms with van der Waals surface area (Å²) in [5, 5.41) is 9.12. The van der Waals surface area contributed by atoms with E-state index >= 15 is 0 Å². The Kier molecular flexibility index (Phi) is 3.59. The summed E-state index contributed by atoms with van der Waals surface area (Å²) in [4.78, 5) is 37.2. The Morgan fingerprint density at radius 2 is 2.27 bits per heavy atom. The molecule has 8 heteroatoms. The van der Waals surface area contributed by atoms with Gasteiger partial charge in [0.05, 0.1) is 6.54 Å². The number of nitrogens with zero attached hydrogens (tertiary/aromatic N) is 2. The third kappa shape index (κ3) is 2.56. The van der Waals surface area contributed by atoms with E-state index in [4.69, 9.17) is 4.52 Å². The molecule has 3 rings (SSSR count). The first-order valence-electron chi connectivity index (χ1n) is 7.30. The van der Waals surface area contributed by atoms with Crippen LogP contribution in [0.5, 0.6) is 0 Å². The molecule has 0 unspecified atom stereocenters. The summed E-state index contributed by atoms with van der Waals surface area (Å²) in [5.41, 5.74) is 0.212. The molecule has 2 N–H and O–H groups in total. The first-order chi connectivity index (χ1) is 10.5. The third-order valence-corrected chi connectivity index (χ3v) is 4.00. The molecule has 2 aliphatic heterocycles. The zero-order valence-electron chi connectivity index (χ0n) is 12.5. The fourth-order valence-electron chi connectivity index (χ4n) is 2.77. The Balaban J connectivity index is 1.65. The predicted molar refractivity (Wildman–Crippen MR) is 75.0 cm³/mol. The highest BCUT2D eigenvalue weighted by Gasteiger charge is 2.42. The molecule has 0 saturated carbocycles. The van der Waals surface area contributed by atoms with E-state index < -0.39 is 6.04 Å². The van der Waals surface area contributed by atoms with E-state index in [1.165, 1.54) is 4.90 Å². The van der Waals surface area contributed by atoms with Gasteiger partial charge in [-0.3, -0.25) is 14.4 Å². The molecule has 2 aliphatic rings. The quantitative estimate of drug-likeness (QED) is 0.792. The van der Waals surface area contributed by atoms with Crippen molar-refractivity contribution in [3.05, 3.63) is 17.5 Å². The van der Waals surface area contributed by atoms with Gasteiger partial charge in [-0.25, -0.2) is 0 Å². The van der Waals surface area contributed by atoms with E-state index in [1.807, 2.05) is 13.8 Å². The molecule has 2 atom stereocenters. The fraction of sp³-hybridized carbons (Fsp3) is 0.571. The zero-order chi connectivity index (χ0) is 15.9. The van der Waals surface area contributed by atoms with Crippen LogP contribution in [0.25, 0.3) is 0 Å². The number of carbonyl (C=O) groups is 3. The van der Waals surface area contributed by atoms with Crippen molar-refractivity contribution in [1.82, 2.24) is 20.7 Å². The Bertz CT molecular complexity index is 600. The lowest BCUT2D eigenvalue weighted by Gasteiger charge is -2.28. The normalized spacial score (nSPS) is 24.4. The highest BCUT2D eigenvalue weighted by molar-refractivity contribution is 5.96. The van der Waals surface area contributed by atoms with E-state index in [0.29, 0.717) is 18.7 Å². The van der Waals surface area contributed by atoms with Gasteiger partial charge < -0.3 is 20.1 Å². The van der Waals surface area contributed by atoms with Crippen LogP contribution in [0, 0.1) is 0 Å². The monoisotopic (exact) mass is 306 g/mol. The van der Waals surface area contributed by atoms with Gasteiger partial charge >= 0.3 is 0 Å². The maximum Gasteiger partial charge on any atom is 0.273 e. The summed E-state index contributed by atoms with van der Waals surface area (Å²) in [6.45, 7) is 4.26. The summed E-state index contributed by atoms with van der Waals surface area (Å²) < 4.78 is 5.10. The zero-order valence-corrected chi connectivity index (χ0v) is 12.5. The first-order valence-corrected chi connectivity index (χ1v) is 7.30. The largest absolute Gasteiger partial charge is 0.360 e. The SMILES string of the molecule is CC(C)c1cc(C(=O)N[C@@H]2C[C@H]3C(=O)NCC(=O)N3C2)no1. The number of rotatable bonds is 3. The minimum absolute atomic E-state index is 0.0248. The molecular weight excluding hydrogens is 288 g/mol. The highest BCUT2D eigenvalue weighted by atomic mass is 16.5. The van der Waals surface area contributed by atoms with Gasteiger partial charge in [-0.2, -0.15) is 0 Å². The molecular formula is C14H18N4O4. The Morgan fingerprint density at radius 1 is 1.50 bits per heavy atom. The summed E-state index contributed by atoms with van der Waals surface area (Å²) in [6, 6.07) is 0.861. The van der Waals surface area contributed by atoms with Crippen molar-refractivity contribution < 1.29 is 18.9 Å². The second-order valence-electron chi connectivity index (χ2n) is 5.96. The summed E-state index contributed by atoms with van der Waals surface area (Å²) >= 11 is 0. The number of aromatic nitrogens is 1. The Morgan fingerprint density at radius 3 is 2.91 bits per heavy atom. The molecule has 1 aromatic rings. The van der Waals surface area contributed by atoms with Crippen LogP contribution >= 0.6 is 0 Å². The van der Waals surface area contributed by atoms with Crippen molar-refractivity contribution in [3.8, 4) is 0 Å². The number of amides is 3. The maximum atomic E-state index is 12.2. The number of carbonyl (C=O) groups excluding carboxylic acids is 3. The van der Waals surface area contributed by atoms with Gasteiger partial charge in [-0.05, 0) is 6.42 Å². The average Bonchev–Trinajstić information content (AvgIpc) is 3.10. The Hall–Kier alpha value is -2.38. The van der Waals surface area contributed by atoms with Crippen LogP contribution in [-0.2, 0) is 9.59 Å². The standard InChI is InChI=1S/C14H18N4O4/c1-7(2)11-4-9(17-22-11)13(20)16-8-3-10-14(21)15-5-12(19)18(10)6-8/h4,7-8,10H,3,5-6H2,1-2H3,(H,15,21)(H,16,20)/t8-,10+/m1/s1. The van der Waals surface area contributed by atoms with Crippen LogP contribution < -0.4 is 10.6 Å². The molecule has 0 aromatic carbocycles. The lowest BCUT2D eigenvalue weighted by Crippen LogP contribution is -2.55. The molecule has 8 nitrogen and oxygen atoms in total. The van der Waals surface area contributed by atoms with Gasteiger partial charge in [0.1, 0.15) is 11.8 Å². The van der Waals surface area contributed by atoms with Gasteiger partial charge in [0.15, 0.2) is 5.69 Å². The van der Waals surface area contributed by atoms with Crippen LogP contribution in [0.4, 0.5) is 0 Å². The van der Waals surface area contributed by atoms with Gasteiger partial charge in [0.2, 0.25) is 11.8 Å². The lowest BCUT2D eigenvalue weighted by molar-refractivity contribution is -0.143. The summed E-state index contributed by atoms with van der Waals surface area (Å²) in [5.74, 6) is 0.150. The first kappa shape index (κ1) is 14.6. The smallest absolute Gasteiger partial charge is 0.273 e. The molecule has 2 fully saturated rings. The summed E-state index contributed by atoms with van der Waals surface area (Å²) in [6.07, 6.45) is 0.415. The predicted octanol–water partition coefficient (Wildman–Crippen LogP) is -0.373. The minimum Gasteiger partial charge on any atom is -0.360 e. The third-order valence-electron chi connectivity index (χ3n) is 4.00. The van der Waals surface area contributed by atoms with Crippen molar-refractivity contribution in [2.45, 2.75) is 38.3 Å². The second-order valence-corrected chi connectivity index (χ2v) is 5.96. The van der Waals surface area contributed by atoms with E-state index in [-0.39, 0.29) is 41.9 Å². The van der Waals surface area contributed by atoms with Gasteiger partial charge in [-0.1, -0.05) is 19.0 Å². The number of fused-ring (bicyclic) bond motifs is 1. The van der Waals surface area contributed by atoms with Crippen LogP contribution in [-0.4, -0.2) is 53.0 Å². The van der Waals surface area contributed by atoms with Gasteiger partial charge in [0, 0.05) is 24.6 Å². The van der Waals surface area contributed by atoms with E-state index in [0.717, 1.165) is 0 Å². The second kappa shape index (κ2) is 5.43. The lowest BCUT2D eigenvalue weighted by atomic mass is 10.1. The number of hydrogen-bond donors (Lipinski definition) is 2. The Labute approximate surface area is 127 Å². The number of piperazine rings is 1. The average molecular weight is 306 g/mol. The van der Waals surface area contributed by atoms with E-state index in [9.17, 15) is 14.4 Å². The molecule has 2 saturated heterocycles. The van der Waals surface area contributed by atoms with Crippen LogP contribution in [0.1, 0.15) is 42.4 Å². The molecule has 118 valence electrons. The van der Waals surface area contributed by atoms with Crippen molar-refractivity contribution >= 4 is 17.7 Å². The van der Waals surface area contributed by atoms with Crippen molar-refractivity contribution in [2.75, 3.05) is 13.1 Å². The van der Waals surface area contributed by atoms with Crippen molar-refractivity contribution in [1.29, 1.82) is 0 Å². The van der Waals surface area contributed by atoms with Gasteiger partial charge in [0.25, 0.3) is 5.91 Å². The molecule has 1 aromatic heterocycles. The number of hydrogen-bond acceptors (Lipinski definition) is 5.